The maximum atomic E-state index is 14.5. The zero-order chi connectivity index (χ0) is 27.6. The van der Waals surface area contributed by atoms with Gasteiger partial charge in [0.15, 0.2) is 0 Å². The van der Waals surface area contributed by atoms with Gasteiger partial charge >= 0.3 is 0 Å². The van der Waals surface area contributed by atoms with Gasteiger partial charge in [0.1, 0.15) is 11.9 Å². The average molecular weight is 562 g/mol. The number of benzene rings is 2. The Bertz CT molecular complexity index is 1390. The number of halogens is 1. The van der Waals surface area contributed by atoms with E-state index in [2.05, 4.69) is 34.9 Å². The van der Waals surface area contributed by atoms with Crippen molar-refractivity contribution in [2.24, 2.45) is 17.8 Å². The molecule has 0 spiro atoms. The first-order valence-electron chi connectivity index (χ1n) is 14.3. The fraction of sp³-hybridized carbons (Fsp3) is 0.484. The zero-order valence-electron chi connectivity index (χ0n) is 22.2. The molecule has 1 atom stereocenters. The Balaban J connectivity index is 1.02. The first-order valence-corrected chi connectivity index (χ1v) is 15.3. The Morgan fingerprint density at radius 3 is 2.23 bits per heavy atom. The summed E-state index contributed by atoms with van der Waals surface area (Å²) < 4.78 is 14.5. The van der Waals surface area contributed by atoms with Crippen LogP contribution in [0.15, 0.2) is 41.3 Å². The molecule has 40 heavy (non-hydrogen) atoms. The zero-order valence-corrected chi connectivity index (χ0v) is 23.0. The molecule has 2 aromatic rings. The Morgan fingerprint density at radius 1 is 0.925 bits per heavy atom. The summed E-state index contributed by atoms with van der Waals surface area (Å²) in [5, 5.41) is 6.12. The fourth-order valence-corrected chi connectivity index (χ4v) is 9.22. The molecule has 2 aliphatic heterocycles. The van der Waals surface area contributed by atoms with E-state index in [0.717, 1.165) is 40.8 Å². The predicted molar refractivity (Wildman–Crippen MR) is 147 cm³/mol. The Labute approximate surface area is 236 Å². The molecule has 1 unspecified atom stereocenters. The Hall–Kier alpha value is -3.04. The summed E-state index contributed by atoms with van der Waals surface area (Å²) in [7, 11) is 0. The first kappa shape index (κ1) is 25.9. The molecule has 1 saturated heterocycles. The highest BCUT2D eigenvalue weighted by atomic mass is 32.2. The van der Waals surface area contributed by atoms with Gasteiger partial charge in [-0.15, -0.1) is 11.8 Å². The minimum atomic E-state index is -1.08. The van der Waals surface area contributed by atoms with Crippen molar-refractivity contribution in [3.8, 4) is 0 Å². The number of rotatable bonds is 7. The lowest BCUT2D eigenvalue weighted by Crippen LogP contribution is -2.58. The number of imide groups is 2. The lowest BCUT2D eigenvalue weighted by Gasteiger charge is -2.57. The molecule has 4 amide bonds. The van der Waals surface area contributed by atoms with Crippen molar-refractivity contribution < 1.29 is 23.6 Å². The molecule has 6 aliphatic rings. The van der Waals surface area contributed by atoms with Gasteiger partial charge in [-0.25, -0.2) is 4.39 Å². The Morgan fingerprint density at radius 2 is 1.57 bits per heavy atom. The minimum Gasteiger partial charge on any atom is -0.307 e. The van der Waals surface area contributed by atoms with Gasteiger partial charge < -0.3 is 5.32 Å². The number of carbonyl (C=O) groups excluding carboxylic acids is 4. The van der Waals surface area contributed by atoms with Gasteiger partial charge in [0.05, 0.1) is 11.1 Å². The summed E-state index contributed by atoms with van der Waals surface area (Å²) in [5.41, 5.74) is 2.66. The fourth-order valence-electron chi connectivity index (χ4n) is 8.17. The number of piperidine rings is 1. The van der Waals surface area contributed by atoms with Crippen molar-refractivity contribution in [2.45, 2.75) is 80.1 Å². The second-order valence-corrected chi connectivity index (χ2v) is 13.4. The second kappa shape index (κ2) is 9.80. The van der Waals surface area contributed by atoms with Crippen LogP contribution in [0.25, 0.3) is 0 Å². The van der Waals surface area contributed by atoms with Crippen LogP contribution in [0, 0.1) is 23.6 Å². The maximum absolute atomic E-state index is 14.5. The van der Waals surface area contributed by atoms with Gasteiger partial charge in [-0.3, -0.25) is 29.4 Å². The van der Waals surface area contributed by atoms with Crippen LogP contribution in [0.2, 0.25) is 0 Å². The van der Waals surface area contributed by atoms with Crippen LogP contribution in [0.3, 0.4) is 0 Å². The highest BCUT2D eigenvalue weighted by molar-refractivity contribution is 7.98. The summed E-state index contributed by atoms with van der Waals surface area (Å²) >= 11 is 1.30. The second-order valence-electron chi connectivity index (χ2n) is 12.4. The molecule has 7 nitrogen and oxygen atoms in total. The third kappa shape index (κ3) is 4.57. The van der Waals surface area contributed by atoms with Crippen LogP contribution in [0.5, 0.6) is 0 Å². The van der Waals surface area contributed by atoms with E-state index in [1.807, 2.05) is 0 Å². The van der Waals surface area contributed by atoms with E-state index in [-0.39, 0.29) is 24.0 Å². The van der Waals surface area contributed by atoms with E-state index in [9.17, 15) is 23.6 Å². The van der Waals surface area contributed by atoms with Crippen LogP contribution < -0.4 is 10.6 Å². The SMILES string of the molecule is O=C1CCC(N2C(=O)c3cc(F)cc(SCc4ccc(CNC56CC7CC(CC(C7)C5)C6)cc4)c3C2=O)C(=O)N1. The molecule has 0 radical (unpaired) electrons. The smallest absolute Gasteiger partial charge is 0.263 e. The molecule has 8 rings (SSSR count). The molecule has 4 saturated carbocycles. The lowest BCUT2D eigenvalue weighted by atomic mass is 9.53. The molecule has 0 aromatic heterocycles. The van der Waals surface area contributed by atoms with Gasteiger partial charge in [0.2, 0.25) is 11.8 Å². The van der Waals surface area contributed by atoms with Crippen LogP contribution in [0.1, 0.15) is 83.2 Å². The number of thioether (sulfide) groups is 1. The van der Waals surface area contributed by atoms with Gasteiger partial charge in [0.25, 0.3) is 11.8 Å². The molecule has 9 heteroatoms. The summed E-state index contributed by atoms with van der Waals surface area (Å²) in [5.74, 6) is 0.154. The lowest BCUT2D eigenvalue weighted by molar-refractivity contribution is -0.136. The highest BCUT2D eigenvalue weighted by Gasteiger charge is 2.50. The molecular weight excluding hydrogens is 529 g/mol. The van der Waals surface area contributed by atoms with Crippen LogP contribution in [-0.2, 0) is 21.9 Å². The molecule has 2 N–H and O–H groups in total. The van der Waals surface area contributed by atoms with E-state index in [0.29, 0.717) is 16.2 Å². The summed E-state index contributed by atoms with van der Waals surface area (Å²) in [6.45, 7) is 0.851. The minimum absolute atomic E-state index is 0.0356. The summed E-state index contributed by atoms with van der Waals surface area (Å²) in [6.07, 6.45) is 8.32. The number of fused-ring (bicyclic) bond motifs is 1. The van der Waals surface area contributed by atoms with Crippen molar-refractivity contribution in [1.82, 2.24) is 15.5 Å². The molecule has 4 aliphatic carbocycles. The first-order chi connectivity index (χ1) is 19.3. The topological polar surface area (TPSA) is 95.6 Å². The molecule has 2 heterocycles. The molecule has 2 aromatic carbocycles. The van der Waals surface area contributed by atoms with E-state index in [4.69, 9.17) is 0 Å². The van der Waals surface area contributed by atoms with Crippen LogP contribution >= 0.6 is 11.8 Å². The molecule has 208 valence electrons. The monoisotopic (exact) mass is 561 g/mol. The highest BCUT2D eigenvalue weighted by Crippen LogP contribution is 2.55. The van der Waals surface area contributed by atoms with E-state index < -0.39 is 35.5 Å². The molecular formula is C31H32FN3O4S. The van der Waals surface area contributed by atoms with Gasteiger partial charge in [-0.05, 0) is 86.0 Å². The average Bonchev–Trinajstić information content (AvgIpc) is 3.15. The Kier molecular flexibility index (Phi) is 6.35. The number of hydrogen-bond donors (Lipinski definition) is 2. The number of nitrogens with one attached hydrogen (secondary N) is 2. The van der Waals surface area contributed by atoms with Gasteiger partial charge in [-0.2, -0.15) is 0 Å². The number of carbonyl (C=O) groups is 4. The van der Waals surface area contributed by atoms with Crippen molar-refractivity contribution >= 4 is 35.4 Å². The van der Waals surface area contributed by atoms with E-state index in [1.165, 1.54) is 61.9 Å². The standard InChI is InChI=1S/C31H32FN3O4S/c32-22-10-23-27(30(39)35(29(23)38)24-5-6-26(36)34-28(24)37)25(11-22)40-16-18-3-1-17(2-4-18)15-33-31-12-19-7-20(13-31)9-21(8-19)14-31/h1-4,10-11,19-21,24,33H,5-9,12-16H2,(H,34,36,37). The number of nitrogens with zero attached hydrogens (tertiary/aromatic N) is 1. The van der Waals surface area contributed by atoms with Crippen molar-refractivity contribution in [1.29, 1.82) is 0 Å². The van der Waals surface area contributed by atoms with Crippen molar-refractivity contribution in [2.75, 3.05) is 0 Å². The quantitative estimate of drug-likeness (QED) is 0.380. The van der Waals surface area contributed by atoms with Crippen molar-refractivity contribution in [3.63, 3.8) is 0 Å². The van der Waals surface area contributed by atoms with Crippen molar-refractivity contribution in [3.05, 3.63) is 64.5 Å². The van der Waals surface area contributed by atoms with Crippen LogP contribution in [-0.4, -0.2) is 40.1 Å². The van der Waals surface area contributed by atoms with Crippen LogP contribution in [0.4, 0.5) is 4.39 Å². The van der Waals surface area contributed by atoms with Gasteiger partial charge in [0, 0.05) is 29.2 Å². The third-order valence-corrected chi connectivity index (χ3v) is 10.7. The largest absolute Gasteiger partial charge is 0.307 e. The number of hydrogen-bond acceptors (Lipinski definition) is 6. The summed E-state index contributed by atoms with van der Waals surface area (Å²) in [6, 6.07) is 9.62. The summed E-state index contributed by atoms with van der Waals surface area (Å²) in [4.78, 5) is 51.5. The maximum Gasteiger partial charge on any atom is 0.263 e. The molecule has 5 fully saturated rings. The third-order valence-electron chi connectivity index (χ3n) is 9.59. The molecule has 4 bridgehead atoms. The normalized spacial score (nSPS) is 30.7. The van der Waals surface area contributed by atoms with E-state index >= 15 is 0 Å². The van der Waals surface area contributed by atoms with Gasteiger partial charge in [-0.1, -0.05) is 24.3 Å². The van der Waals surface area contributed by atoms with E-state index in [1.54, 1.807) is 0 Å². The number of amides is 4. The predicted octanol–water partition coefficient (Wildman–Crippen LogP) is 4.58.